The van der Waals surface area contributed by atoms with E-state index < -0.39 is 34.1 Å². The minimum Gasteiger partial charge on any atom is -0.422 e. The Balaban J connectivity index is 1.75. The highest BCUT2D eigenvalue weighted by molar-refractivity contribution is 6.04. The first-order valence-corrected chi connectivity index (χ1v) is 10.8. The first-order chi connectivity index (χ1) is 14.3. The van der Waals surface area contributed by atoms with Crippen LogP contribution in [-0.2, 0) is 25.5 Å². The molecule has 0 N–H and O–H groups in total. The Bertz CT molecular complexity index is 1010. The Morgan fingerprint density at radius 1 is 1.06 bits per heavy atom. The summed E-state index contributed by atoms with van der Waals surface area (Å²) < 4.78 is 11.3. The Morgan fingerprint density at radius 2 is 1.71 bits per heavy atom. The maximum absolute atomic E-state index is 13.6. The number of ether oxygens (including phenoxy) is 2. The fourth-order valence-electron chi connectivity index (χ4n) is 7.18. The molecule has 8 nitrogen and oxygen atoms in total. The van der Waals surface area contributed by atoms with E-state index in [1.165, 1.54) is 12.1 Å². The van der Waals surface area contributed by atoms with Gasteiger partial charge in [0.25, 0.3) is 11.5 Å². The number of rotatable bonds is 1. The molecule has 3 heterocycles. The highest BCUT2D eigenvalue weighted by Crippen LogP contribution is 2.64. The molecule has 4 aliphatic rings. The van der Waals surface area contributed by atoms with E-state index in [9.17, 15) is 19.7 Å². The van der Waals surface area contributed by atoms with Crippen LogP contribution in [0, 0.1) is 26.4 Å². The summed E-state index contributed by atoms with van der Waals surface area (Å²) in [5.74, 6) is -2.51. The summed E-state index contributed by atoms with van der Waals surface area (Å²) in [6, 6.07) is 4.48. The molecule has 2 saturated heterocycles. The van der Waals surface area contributed by atoms with Crippen molar-refractivity contribution in [1.82, 2.24) is 0 Å². The van der Waals surface area contributed by atoms with Gasteiger partial charge >= 0.3 is 11.9 Å². The highest BCUT2D eigenvalue weighted by Gasteiger charge is 2.72. The number of nitrogens with zero attached hydrogens (tertiary/aromatic N) is 2. The molecule has 1 aliphatic carbocycles. The zero-order chi connectivity index (χ0) is 22.6. The normalized spacial score (nSPS) is 33.9. The van der Waals surface area contributed by atoms with Gasteiger partial charge in [0.2, 0.25) is 0 Å². The molecule has 2 bridgehead atoms. The van der Waals surface area contributed by atoms with Crippen LogP contribution in [-0.4, -0.2) is 34.7 Å². The van der Waals surface area contributed by atoms with Crippen LogP contribution in [0.4, 0.5) is 11.4 Å². The third-order valence-electron chi connectivity index (χ3n) is 7.60. The van der Waals surface area contributed by atoms with Crippen molar-refractivity contribution in [3.05, 3.63) is 33.9 Å². The van der Waals surface area contributed by atoms with Gasteiger partial charge in [-0.15, -0.1) is 0 Å². The lowest BCUT2D eigenvalue weighted by Crippen LogP contribution is -2.67. The second-order valence-electron chi connectivity index (χ2n) is 11.3. The molecule has 3 aliphatic heterocycles. The lowest BCUT2D eigenvalue weighted by Gasteiger charge is -2.53. The molecule has 31 heavy (non-hydrogen) atoms. The number of fused-ring (bicyclic) bond motifs is 8. The molecule has 5 rings (SSSR count). The maximum atomic E-state index is 13.6. The number of carbonyl (C=O) groups is 2. The second kappa shape index (κ2) is 5.78. The Labute approximate surface area is 181 Å². The van der Waals surface area contributed by atoms with Crippen LogP contribution in [0.2, 0.25) is 0 Å². The predicted octanol–water partition coefficient (Wildman–Crippen LogP) is 3.75. The summed E-state index contributed by atoms with van der Waals surface area (Å²) in [7, 11) is 0. The van der Waals surface area contributed by atoms with Gasteiger partial charge in [-0.05, 0) is 41.7 Å². The lowest BCUT2D eigenvalue weighted by atomic mass is 9.57. The van der Waals surface area contributed by atoms with Gasteiger partial charge in [-0.3, -0.25) is 19.7 Å². The third kappa shape index (κ3) is 2.66. The lowest BCUT2D eigenvalue weighted by molar-refractivity contribution is -0.384. The van der Waals surface area contributed by atoms with E-state index >= 15 is 0 Å². The van der Waals surface area contributed by atoms with Crippen molar-refractivity contribution in [2.75, 3.05) is 4.90 Å². The van der Waals surface area contributed by atoms with Crippen molar-refractivity contribution >= 4 is 23.3 Å². The SMILES string of the molecule is CC1(C)C[C@H]2C[C@@](C)(C1)[C@@H]1N2c2ccc([N+](=O)[O-])cc2CC12C(=O)OC(C)(C)OC2=O. The molecular formula is C23H28N2O6. The molecule has 0 unspecified atom stereocenters. The van der Waals surface area contributed by atoms with E-state index in [1.54, 1.807) is 19.9 Å². The molecule has 8 heteroatoms. The van der Waals surface area contributed by atoms with Crippen LogP contribution < -0.4 is 4.90 Å². The maximum Gasteiger partial charge on any atom is 0.329 e. The van der Waals surface area contributed by atoms with E-state index in [0.29, 0.717) is 5.56 Å². The number of anilines is 1. The van der Waals surface area contributed by atoms with Crippen molar-refractivity contribution in [3.8, 4) is 0 Å². The number of hydrogen-bond acceptors (Lipinski definition) is 7. The van der Waals surface area contributed by atoms with Crippen LogP contribution in [0.5, 0.6) is 0 Å². The number of benzene rings is 1. The summed E-state index contributed by atoms with van der Waals surface area (Å²) >= 11 is 0. The molecular weight excluding hydrogens is 400 g/mol. The zero-order valence-corrected chi connectivity index (χ0v) is 18.6. The average Bonchev–Trinajstić information content (AvgIpc) is 2.84. The second-order valence-corrected chi connectivity index (χ2v) is 11.3. The van der Waals surface area contributed by atoms with Crippen molar-refractivity contribution in [3.63, 3.8) is 0 Å². The fourth-order valence-corrected chi connectivity index (χ4v) is 7.18. The standard InChI is InChI=1S/C23H28N2O6/c1-20(2)10-15-11-22(5,12-20)17-23(18(26)30-21(3,4)31-19(23)27)9-13-8-14(25(28)29)6-7-16(13)24(15)17/h6-8,15,17H,9-12H2,1-5H3/t15-,17-,22-/m0/s1. The average molecular weight is 428 g/mol. The summed E-state index contributed by atoms with van der Waals surface area (Å²) in [5, 5.41) is 11.4. The number of cyclic esters (lactones) is 2. The van der Waals surface area contributed by atoms with Gasteiger partial charge in [-0.2, -0.15) is 0 Å². The van der Waals surface area contributed by atoms with Gasteiger partial charge in [-0.25, -0.2) is 0 Å². The molecule has 0 radical (unpaired) electrons. The summed E-state index contributed by atoms with van der Waals surface area (Å²) in [6.07, 6.45) is 2.68. The van der Waals surface area contributed by atoms with E-state index in [2.05, 4.69) is 25.7 Å². The number of non-ortho nitro benzene ring substituents is 1. The van der Waals surface area contributed by atoms with Gasteiger partial charge in [0.1, 0.15) is 0 Å². The number of hydrogen-bond donors (Lipinski definition) is 0. The van der Waals surface area contributed by atoms with Crippen LogP contribution >= 0.6 is 0 Å². The molecule has 0 amide bonds. The Hall–Kier alpha value is -2.64. The Kier molecular flexibility index (Phi) is 3.78. The van der Waals surface area contributed by atoms with Crippen molar-refractivity contribution in [2.45, 2.75) is 78.2 Å². The largest absolute Gasteiger partial charge is 0.422 e. The molecule has 1 saturated carbocycles. The Morgan fingerprint density at radius 3 is 2.32 bits per heavy atom. The molecule has 3 fully saturated rings. The number of nitro groups is 1. The van der Waals surface area contributed by atoms with Crippen LogP contribution in [0.3, 0.4) is 0 Å². The van der Waals surface area contributed by atoms with Crippen LogP contribution in [0.1, 0.15) is 59.4 Å². The van der Waals surface area contributed by atoms with Gasteiger partial charge < -0.3 is 14.4 Å². The minimum atomic E-state index is -1.54. The van der Waals surface area contributed by atoms with E-state index in [-0.39, 0.29) is 29.0 Å². The van der Waals surface area contributed by atoms with Crippen molar-refractivity contribution < 1.29 is 24.0 Å². The minimum absolute atomic E-state index is 0.0406. The van der Waals surface area contributed by atoms with Crippen LogP contribution in [0.25, 0.3) is 0 Å². The zero-order valence-electron chi connectivity index (χ0n) is 18.6. The summed E-state index contributed by atoms with van der Waals surface area (Å²) in [6.45, 7) is 9.70. The summed E-state index contributed by atoms with van der Waals surface area (Å²) in [5.41, 5.74) is -0.364. The summed E-state index contributed by atoms with van der Waals surface area (Å²) in [4.78, 5) is 40.3. The van der Waals surface area contributed by atoms with Crippen molar-refractivity contribution in [1.29, 1.82) is 0 Å². The highest BCUT2D eigenvalue weighted by atomic mass is 16.7. The van der Waals surface area contributed by atoms with Crippen molar-refractivity contribution in [2.24, 2.45) is 16.2 Å². The van der Waals surface area contributed by atoms with Gasteiger partial charge in [0.15, 0.2) is 5.41 Å². The first kappa shape index (κ1) is 20.3. The molecule has 1 spiro atoms. The molecule has 166 valence electrons. The molecule has 1 aromatic carbocycles. The van der Waals surface area contributed by atoms with Gasteiger partial charge in [0, 0.05) is 44.1 Å². The predicted molar refractivity (Wildman–Crippen MR) is 111 cm³/mol. The smallest absolute Gasteiger partial charge is 0.329 e. The van der Waals surface area contributed by atoms with E-state index in [1.807, 2.05) is 0 Å². The number of carbonyl (C=O) groups excluding carboxylic acids is 2. The van der Waals surface area contributed by atoms with Gasteiger partial charge in [0.05, 0.1) is 11.0 Å². The van der Waals surface area contributed by atoms with Gasteiger partial charge in [-0.1, -0.05) is 20.8 Å². The monoisotopic (exact) mass is 428 g/mol. The molecule has 3 atom stereocenters. The molecule has 0 aromatic heterocycles. The van der Waals surface area contributed by atoms with Crippen LogP contribution in [0.15, 0.2) is 18.2 Å². The quantitative estimate of drug-likeness (QED) is 0.291. The third-order valence-corrected chi connectivity index (χ3v) is 7.60. The fraction of sp³-hybridized carbons (Fsp3) is 0.652. The van der Waals surface area contributed by atoms with E-state index in [4.69, 9.17) is 9.47 Å². The topological polar surface area (TPSA) is 99.0 Å². The first-order valence-electron chi connectivity index (χ1n) is 10.8. The molecule has 1 aromatic rings. The number of esters is 2. The van der Waals surface area contributed by atoms with E-state index in [0.717, 1.165) is 24.9 Å². The number of nitro benzene ring substituents is 1.